The summed E-state index contributed by atoms with van der Waals surface area (Å²) in [5.74, 6) is 0. The van der Waals surface area contributed by atoms with Gasteiger partial charge in [-0.2, -0.15) is 0 Å². The molecule has 0 aliphatic rings. The highest BCUT2D eigenvalue weighted by molar-refractivity contribution is 5.85. The van der Waals surface area contributed by atoms with Crippen LogP contribution in [0.25, 0.3) is 0 Å². The van der Waals surface area contributed by atoms with Gasteiger partial charge in [0.15, 0.2) is 0 Å². The molecule has 0 atom stereocenters. The van der Waals surface area contributed by atoms with E-state index in [9.17, 15) is 0 Å². The summed E-state index contributed by atoms with van der Waals surface area (Å²) in [5, 5.41) is 0. The zero-order valence-electron chi connectivity index (χ0n) is 5.87. The summed E-state index contributed by atoms with van der Waals surface area (Å²) < 4.78 is 0. The molecule has 0 bridgehead atoms. The first-order valence-corrected chi connectivity index (χ1v) is 2.94. The van der Waals surface area contributed by atoms with Crippen LogP contribution in [0.5, 0.6) is 0 Å². The zero-order chi connectivity index (χ0) is 6.69. The number of hydrogen-bond acceptors (Lipinski definition) is 2. The Hall–Kier alpha value is -0.600. The third-order valence-electron chi connectivity index (χ3n) is 1.20. The Bertz CT molecular complexity index is 201. The van der Waals surface area contributed by atoms with Gasteiger partial charge in [-0.3, -0.25) is 4.98 Å². The maximum atomic E-state index is 5.39. The van der Waals surface area contributed by atoms with Crippen LogP contribution < -0.4 is 5.73 Å². The van der Waals surface area contributed by atoms with Gasteiger partial charge in [0.25, 0.3) is 0 Å². The molecule has 2 nitrogen and oxygen atoms in total. The zero-order valence-corrected chi connectivity index (χ0v) is 6.69. The van der Waals surface area contributed by atoms with Crippen molar-refractivity contribution in [3.05, 3.63) is 29.6 Å². The molecule has 1 heterocycles. The van der Waals surface area contributed by atoms with E-state index in [2.05, 4.69) is 4.98 Å². The Morgan fingerprint density at radius 3 is 2.70 bits per heavy atom. The third kappa shape index (κ3) is 2.33. The minimum absolute atomic E-state index is 0. The number of aryl methyl sites for hydroxylation is 1. The monoisotopic (exact) mass is 158 g/mol. The fourth-order valence-electron chi connectivity index (χ4n) is 0.731. The first kappa shape index (κ1) is 9.40. The third-order valence-corrected chi connectivity index (χ3v) is 1.20. The van der Waals surface area contributed by atoms with Gasteiger partial charge in [0.2, 0.25) is 0 Å². The van der Waals surface area contributed by atoms with Crippen LogP contribution in [0, 0.1) is 6.92 Å². The Labute approximate surface area is 66.9 Å². The molecule has 1 aromatic rings. The smallest absolute Gasteiger partial charge is 0.0375 e. The van der Waals surface area contributed by atoms with Gasteiger partial charge in [-0.15, -0.1) is 12.4 Å². The van der Waals surface area contributed by atoms with Crippen LogP contribution in [0.1, 0.15) is 11.3 Å². The lowest BCUT2D eigenvalue weighted by atomic mass is 10.2. The minimum atomic E-state index is 0. The Kier molecular flexibility index (Phi) is 4.00. The molecule has 0 aliphatic heterocycles. The topological polar surface area (TPSA) is 38.9 Å². The SMILES string of the molecule is Cc1cc(CN)ccn1.Cl. The van der Waals surface area contributed by atoms with Gasteiger partial charge in [-0.25, -0.2) is 0 Å². The fourth-order valence-corrected chi connectivity index (χ4v) is 0.731. The van der Waals surface area contributed by atoms with E-state index in [0.29, 0.717) is 6.54 Å². The summed E-state index contributed by atoms with van der Waals surface area (Å²) in [6.07, 6.45) is 1.78. The normalized spacial score (nSPS) is 8.60. The van der Waals surface area contributed by atoms with E-state index in [1.165, 1.54) is 0 Å². The highest BCUT2D eigenvalue weighted by Gasteiger charge is 1.87. The molecule has 0 unspecified atom stereocenters. The first-order valence-electron chi connectivity index (χ1n) is 2.94. The molecule has 1 rings (SSSR count). The molecule has 0 aliphatic carbocycles. The Morgan fingerprint density at radius 1 is 1.60 bits per heavy atom. The summed E-state index contributed by atoms with van der Waals surface area (Å²) in [5.41, 5.74) is 7.56. The van der Waals surface area contributed by atoms with Crippen molar-refractivity contribution in [2.75, 3.05) is 0 Å². The van der Waals surface area contributed by atoms with Gasteiger partial charge >= 0.3 is 0 Å². The molecule has 3 heteroatoms. The molecular weight excluding hydrogens is 148 g/mol. The molecule has 0 spiro atoms. The fraction of sp³-hybridized carbons (Fsp3) is 0.286. The summed E-state index contributed by atoms with van der Waals surface area (Å²) in [7, 11) is 0. The van der Waals surface area contributed by atoms with Crippen LogP contribution in [0.4, 0.5) is 0 Å². The average molecular weight is 159 g/mol. The standard InChI is InChI=1S/C7H10N2.ClH/c1-6-4-7(5-8)2-3-9-6;/h2-4H,5,8H2,1H3;1H. The minimum Gasteiger partial charge on any atom is -0.326 e. The van der Waals surface area contributed by atoms with Crippen molar-refractivity contribution in [1.82, 2.24) is 4.98 Å². The van der Waals surface area contributed by atoms with E-state index in [4.69, 9.17) is 5.73 Å². The second kappa shape index (κ2) is 4.25. The number of halogens is 1. The summed E-state index contributed by atoms with van der Waals surface area (Å²) in [6, 6.07) is 3.91. The molecule has 1 aromatic heterocycles. The molecule has 2 N–H and O–H groups in total. The van der Waals surface area contributed by atoms with Crippen molar-refractivity contribution in [3.8, 4) is 0 Å². The lowest BCUT2D eigenvalue weighted by Crippen LogP contribution is -1.96. The number of nitrogens with zero attached hydrogens (tertiary/aromatic N) is 1. The maximum absolute atomic E-state index is 5.39. The van der Waals surface area contributed by atoms with E-state index < -0.39 is 0 Å². The van der Waals surface area contributed by atoms with E-state index in [1.807, 2.05) is 19.1 Å². The van der Waals surface area contributed by atoms with Crippen LogP contribution in [-0.2, 0) is 6.54 Å². The van der Waals surface area contributed by atoms with Crippen molar-refractivity contribution < 1.29 is 0 Å². The van der Waals surface area contributed by atoms with Gasteiger partial charge in [0.1, 0.15) is 0 Å². The Balaban J connectivity index is 0.000000810. The highest BCUT2D eigenvalue weighted by atomic mass is 35.5. The molecular formula is C7H11ClN2. The maximum Gasteiger partial charge on any atom is 0.0375 e. The molecule has 0 saturated heterocycles. The van der Waals surface area contributed by atoms with Crippen LogP contribution in [0.2, 0.25) is 0 Å². The summed E-state index contributed by atoms with van der Waals surface area (Å²) in [6.45, 7) is 2.56. The first-order chi connectivity index (χ1) is 4.33. The molecule has 0 aromatic carbocycles. The number of aromatic nitrogens is 1. The van der Waals surface area contributed by atoms with Gasteiger partial charge in [-0.1, -0.05) is 0 Å². The second-order valence-corrected chi connectivity index (χ2v) is 2.01. The highest BCUT2D eigenvalue weighted by Crippen LogP contribution is 1.97. The summed E-state index contributed by atoms with van der Waals surface area (Å²) >= 11 is 0. The van der Waals surface area contributed by atoms with E-state index in [0.717, 1.165) is 11.3 Å². The van der Waals surface area contributed by atoms with Crippen LogP contribution in [0.15, 0.2) is 18.3 Å². The molecule has 0 saturated carbocycles. The van der Waals surface area contributed by atoms with Crippen molar-refractivity contribution in [3.63, 3.8) is 0 Å². The van der Waals surface area contributed by atoms with Crippen LogP contribution >= 0.6 is 12.4 Å². The van der Waals surface area contributed by atoms with Crippen LogP contribution in [-0.4, -0.2) is 4.98 Å². The average Bonchev–Trinajstić information content (AvgIpc) is 1.88. The second-order valence-electron chi connectivity index (χ2n) is 2.01. The van der Waals surface area contributed by atoms with E-state index >= 15 is 0 Å². The molecule has 10 heavy (non-hydrogen) atoms. The van der Waals surface area contributed by atoms with Gasteiger partial charge in [-0.05, 0) is 24.6 Å². The Morgan fingerprint density at radius 2 is 2.30 bits per heavy atom. The van der Waals surface area contributed by atoms with Crippen molar-refractivity contribution in [1.29, 1.82) is 0 Å². The summed E-state index contributed by atoms with van der Waals surface area (Å²) in [4.78, 5) is 4.03. The van der Waals surface area contributed by atoms with Gasteiger partial charge in [0, 0.05) is 18.4 Å². The van der Waals surface area contributed by atoms with Crippen molar-refractivity contribution in [2.24, 2.45) is 5.73 Å². The number of pyridine rings is 1. The lowest BCUT2D eigenvalue weighted by molar-refractivity contribution is 1.04. The van der Waals surface area contributed by atoms with Gasteiger partial charge in [0.05, 0.1) is 0 Å². The molecule has 0 amide bonds. The quantitative estimate of drug-likeness (QED) is 0.669. The van der Waals surface area contributed by atoms with Crippen molar-refractivity contribution >= 4 is 12.4 Å². The molecule has 0 radical (unpaired) electrons. The van der Waals surface area contributed by atoms with Crippen LogP contribution in [0.3, 0.4) is 0 Å². The van der Waals surface area contributed by atoms with Gasteiger partial charge < -0.3 is 5.73 Å². The molecule has 56 valence electrons. The number of nitrogens with two attached hydrogens (primary N) is 1. The van der Waals surface area contributed by atoms with E-state index in [-0.39, 0.29) is 12.4 Å². The number of rotatable bonds is 1. The van der Waals surface area contributed by atoms with Crippen molar-refractivity contribution in [2.45, 2.75) is 13.5 Å². The predicted molar refractivity (Wildman–Crippen MR) is 44.1 cm³/mol. The molecule has 0 fully saturated rings. The van der Waals surface area contributed by atoms with E-state index in [1.54, 1.807) is 6.20 Å². The lowest BCUT2D eigenvalue weighted by Gasteiger charge is -1.94. The largest absolute Gasteiger partial charge is 0.326 e. The number of hydrogen-bond donors (Lipinski definition) is 1. The predicted octanol–water partition coefficient (Wildman–Crippen LogP) is 1.27.